The van der Waals surface area contributed by atoms with Crippen LogP contribution in [-0.2, 0) is 4.79 Å². The molecule has 1 atom stereocenters. The first-order valence-corrected chi connectivity index (χ1v) is 7.36. The molecule has 1 unspecified atom stereocenters. The van der Waals surface area contributed by atoms with Crippen LogP contribution in [0.3, 0.4) is 0 Å². The highest BCUT2D eigenvalue weighted by Crippen LogP contribution is 2.32. The summed E-state index contributed by atoms with van der Waals surface area (Å²) in [5.74, 6) is -0.867. The Kier molecular flexibility index (Phi) is 4.83. The molecule has 3 N–H and O–H groups in total. The molecule has 0 saturated heterocycles. The molecule has 1 aliphatic carbocycles. The van der Waals surface area contributed by atoms with Crippen LogP contribution in [0.5, 0.6) is 0 Å². The first kappa shape index (κ1) is 15.4. The number of carboxylic acids is 1. The van der Waals surface area contributed by atoms with E-state index in [0.717, 1.165) is 31.2 Å². The Bertz CT molecular complexity index is 496. The Labute approximate surface area is 124 Å². The van der Waals surface area contributed by atoms with Crippen LogP contribution in [0.4, 0.5) is 4.79 Å². The Morgan fingerprint density at radius 3 is 2.43 bits per heavy atom. The molecule has 0 bridgehead atoms. The fourth-order valence-corrected chi connectivity index (χ4v) is 2.99. The van der Waals surface area contributed by atoms with Gasteiger partial charge in [-0.15, -0.1) is 0 Å². The molecule has 1 aromatic rings. The Hall–Kier alpha value is -2.04. The lowest BCUT2D eigenvalue weighted by Gasteiger charge is -2.29. The summed E-state index contributed by atoms with van der Waals surface area (Å²) in [5.41, 5.74) is 0.429. The van der Waals surface area contributed by atoms with Crippen molar-refractivity contribution in [3.8, 4) is 0 Å². The summed E-state index contributed by atoms with van der Waals surface area (Å²) in [6, 6.07) is 9.27. The molecule has 5 heteroatoms. The predicted octanol–water partition coefficient (Wildman–Crippen LogP) is 2.83. The highest BCUT2D eigenvalue weighted by molar-refractivity contribution is 5.77. The van der Waals surface area contributed by atoms with E-state index in [-0.39, 0.29) is 18.5 Å². The number of hydrogen-bond donors (Lipinski definition) is 3. The van der Waals surface area contributed by atoms with Crippen molar-refractivity contribution in [3.05, 3.63) is 35.9 Å². The average molecular weight is 290 g/mol. The highest BCUT2D eigenvalue weighted by atomic mass is 16.4. The van der Waals surface area contributed by atoms with Gasteiger partial charge in [0.15, 0.2) is 0 Å². The van der Waals surface area contributed by atoms with Crippen LogP contribution in [0.25, 0.3) is 0 Å². The molecule has 5 nitrogen and oxygen atoms in total. The van der Waals surface area contributed by atoms with E-state index in [1.807, 2.05) is 37.3 Å². The monoisotopic (exact) mass is 290 g/mol. The van der Waals surface area contributed by atoms with Gasteiger partial charge >= 0.3 is 12.0 Å². The molecule has 0 heterocycles. The van der Waals surface area contributed by atoms with Crippen LogP contribution in [0, 0.1) is 0 Å². The van der Waals surface area contributed by atoms with Gasteiger partial charge in [0, 0.05) is 0 Å². The molecule has 0 aliphatic heterocycles. The zero-order valence-corrected chi connectivity index (χ0v) is 12.3. The smallest absolute Gasteiger partial charge is 0.315 e. The molecule has 1 aromatic carbocycles. The van der Waals surface area contributed by atoms with Crippen molar-refractivity contribution in [1.82, 2.24) is 10.6 Å². The largest absolute Gasteiger partial charge is 0.481 e. The van der Waals surface area contributed by atoms with E-state index in [2.05, 4.69) is 10.6 Å². The molecule has 1 aliphatic rings. The molecule has 114 valence electrons. The quantitative estimate of drug-likeness (QED) is 0.780. The Morgan fingerprint density at radius 2 is 1.86 bits per heavy atom. The lowest BCUT2D eigenvalue weighted by molar-refractivity contribution is -0.138. The molecule has 2 rings (SSSR count). The molecule has 1 fully saturated rings. The molecule has 1 saturated carbocycles. The minimum atomic E-state index is -0.867. The fourth-order valence-electron chi connectivity index (χ4n) is 2.99. The molecule has 0 radical (unpaired) electrons. The van der Waals surface area contributed by atoms with E-state index in [0.29, 0.717) is 0 Å². The number of carboxylic acid groups (broad SMARTS) is 1. The zero-order chi connectivity index (χ0) is 15.3. The third kappa shape index (κ3) is 4.21. The number of rotatable bonds is 5. The van der Waals surface area contributed by atoms with Gasteiger partial charge in [0.1, 0.15) is 0 Å². The van der Waals surface area contributed by atoms with Crippen LogP contribution in [-0.4, -0.2) is 22.6 Å². The second kappa shape index (κ2) is 6.61. The Balaban J connectivity index is 1.95. The summed E-state index contributed by atoms with van der Waals surface area (Å²) < 4.78 is 0. The topological polar surface area (TPSA) is 78.4 Å². The lowest BCUT2D eigenvalue weighted by atomic mass is 9.93. The maximum atomic E-state index is 12.2. The van der Waals surface area contributed by atoms with E-state index >= 15 is 0 Å². The maximum Gasteiger partial charge on any atom is 0.315 e. The molecule has 2 amide bonds. The average Bonchev–Trinajstić information content (AvgIpc) is 2.86. The van der Waals surface area contributed by atoms with Crippen molar-refractivity contribution in [2.45, 2.75) is 50.6 Å². The van der Waals surface area contributed by atoms with Crippen LogP contribution in [0.2, 0.25) is 0 Å². The molecular formula is C16H22N2O3. The summed E-state index contributed by atoms with van der Waals surface area (Å²) in [7, 11) is 0. The first-order chi connectivity index (χ1) is 10.0. The van der Waals surface area contributed by atoms with Crippen molar-refractivity contribution in [3.63, 3.8) is 0 Å². The fraction of sp³-hybridized carbons (Fsp3) is 0.500. The number of carbonyl (C=O) groups excluding carboxylic acids is 1. The number of aliphatic carboxylic acids is 1. The van der Waals surface area contributed by atoms with Crippen molar-refractivity contribution in [2.24, 2.45) is 0 Å². The number of amides is 2. The summed E-state index contributed by atoms with van der Waals surface area (Å²) in [6.45, 7) is 1.91. The van der Waals surface area contributed by atoms with Gasteiger partial charge in [0.05, 0.1) is 18.0 Å². The predicted molar refractivity (Wildman–Crippen MR) is 80.0 cm³/mol. The van der Waals surface area contributed by atoms with Gasteiger partial charge in [0.2, 0.25) is 0 Å². The van der Waals surface area contributed by atoms with Crippen molar-refractivity contribution in [2.75, 3.05) is 0 Å². The van der Waals surface area contributed by atoms with Crippen LogP contribution in [0.1, 0.15) is 50.6 Å². The molecule has 21 heavy (non-hydrogen) atoms. The summed E-state index contributed by atoms with van der Waals surface area (Å²) in [6.07, 6.45) is 3.36. The molecular weight excluding hydrogens is 268 g/mol. The normalized spacial score (nSPS) is 18.0. The lowest BCUT2D eigenvalue weighted by Crippen LogP contribution is -2.52. The minimum absolute atomic E-state index is 0.0138. The standard InChI is InChI=1S/C16H22N2O3/c1-12(13-7-3-2-4-8-13)17-15(21)18-16(11-14(19)20)9-5-6-10-16/h2-4,7-8,12H,5-6,9-11H2,1H3,(H,19,20)(H2,17,18,21). The van der Waals surface area contributed by atoms with Gasteiger partial charge in [-0.3, -0.25) is 4.79 Å². The van der Waals surface area contributed by atoms with Crippen molar-refractivity contribution >= 4 is 12.0 Å². The van der Waals surface area contributed by atoms with E-state index in [1.54, 1.807) is 0 Å². The molecule has 0 spiro atoms. The van der Waals surface area contributed by atoms with Crippen LogP contribution in [0.15, 0.2) is 30.3 Å². The Morgan fingerprint density at radius 1 is 1.24 bits per heavy atom. The van der Waals surface area contributed by atoms with E-state index in [1.165, 1.54) is 0 Å². The van der Waals surface area contributed by atoms with Gasteiger partial charge in [-0.05, 0) is 25.3 Å². The van der Waals surface area contributed by atoms with Gasteiger partial charge < -0.3 is 15.7 Å². The highest BCUT2D eigenvalue weighted by Gasteiger charge is 2.37. The summed E-state index contributed by atoms with van der Waals surface area (Å²) in [4.78, 5) is 23.2. The first-order valence-electron chi connectivity index (χ1n) is 7.36. The number of hydrogen-bond acceptors (Lipinski definition) is 2. The SMILES string of the molecule is CC(NC(=O)NC1(CC(=O)O)CCCC1)c1ccccc1. The summed E-state index contributed by atoms with van der Waals surface area (Å²) >= 11 is 0. The number of carbonyl (C=O) groups is 2. The number of benzene rings is 1. The van der Waals surface area contributed by atoms with E-state index in [9.17, 15) is 9.59 Å². The van der Waals surface area contributed by atoms with Gasteiger partial charge in [-0.2, -0.15) is 0 Å². The van der Waals surface area contributed by atoms with E-state index < -0.39 is 11.5 Å². The number of nitrogens with one attached hydrogen (secondary N) is 2. The minimum Gasteiger partial charge on any atom is -0.481 e. The van der Waals surface area contributed by atoms with Gasteiger partial charge in [-0.25, -0.2) is 4.79 Å². The van der Waals surface area contributed by atoms with Crippen molar-refractivity contribution in [1.29, 1.82) is 0 Å². The second-order valence-electron chi connectivity index (χ2n) is 5.79. The summed E-state index contributed by atoms with van der Waals surface area (Å²) in [5, 5.41) is 14.8. The maximum absolute atomic E-state index is 12.2. The van der Waals surface area contributed by atoms with Gasteiger partial charge in [0.25, 0.3) is 0 Å². The van der Waals surface area contributed by atoms with Gasteiger partial charge in [-0.1, -0.05) is 43.2 Å². The van der Waals surface area contributed by atoms with Crippen molar-refractivity contribution < 1.29 is 14.7 Å². The van der Waals surface area contributed by atoms with Crippen LogP contribution >= 0.6 is 0 Å². The second-order valence-corrected chi connectivity index (χ2v) is 5.79. The van der Waals surface area contributed by atoms with E-state index in [4.69, 9.17) is 5.11 Å². The third-order valence-electron chi connectivity index (χ3n) is 4.08. The third-order valence-corrected chi connectivity index (χ3v) is 4.08. The zero-order valence-electron chi connectivity index (χ0n) is 12.3. The number of urea groups is 1. The molecule has 0 aromatic heterocycles. The van der Waals surface area contributed by atoms with Crippen LogP contribution < -0.4 is 10.6 Å².